The van der Waals surface area contributed by atoms with Gasteiger partial charge < -0.3 is 14.5 Å². The van der Waals surface area contributed by atoms with Crippen molar-refractivity contribution in [3.05, 3.63) is 88.4 Å². The van der Waals surface area contributed by atoms with Gasteiger partial charge in [-0.1, -0.05) is 46.3 Å². The SMILES string of the molecule is COc1ccc(CNc2oc(-c3ccccc3C)nc2S(=O)(=O)c2ccc(Br)cc2)cc1. The lowest BCUT2D eigenvalue weighted by molar-refractivity contribution is 0.414. The van der Waals surface area contributed by atoms with Crippen molar-refractivity contribution in [2.45, 2.75) is 23.4 Å². The van der Waals surface area contributed by atoms with Crippen molar-refractivity contribution in [3.8, 4) is 17.2 Å². The van der Waals surface area contributed by atoms with Crippen LogP contribution in [0, 0.1) is 6.92 Å². The van der Waals surface area contributed by atoms with Gasteiger partial charge in [-0.25, -0.2) is 8.42 Å². The number of halogens is 1. The molecular weight excluding hydrogens is 492 g/mol. The van der Waals surface area contributed by atoms with Crippen molar-refractivity contribution < 1.29 is 17.6 Å². The van der Waals surface area contributed by atoms with Gasteiger partial charge in [0.15, 0.2) is 0 Å². The summed E-state index contributed by atoms with van der Waals surface area (Å²) >= 11 is 3.34. The van der Waals surface area contributed by atoms with Crippen molar-refractivity contribution in [1.82, 2.24) is 4.98 Å². The third-order valence-electron chi connectivity index (χ3n) is 4.96. The second-order valence-corrected chi connectivity index (χ2v) is 9.91. The van der Waals surface area contributed by atoms with Crippen LogP contribution in [0.4, 0.5) is 5.88 Å². The van der Waals surface area contributed by atoms with Crippen LogP contribution in [0.5, 0.6) is 5.75 Å². The maximum Gasteiger partial charge on any atom is 0.234 e. The Morgan fingerprint density at radius 3 is 2.34 bits per heavy atom. The third kappa shape index (κ3) is 4.56. The topological polar surface area (TPSA) is 81.4 Å². The molecule has 0 atom stereocenters. The standard InChI is InChI=1S/C24H21BrN2O4S/c1-16-5-3-4-6-21(16)22-27-24(32(28,29)20-13-9-18(25)10-14-20)23(31-22)26-15-17-7-11-19(30-2)12-8-17/h3-14,26H,15H2,1-2H3. The fourth-order valence-electron chi connectivity index (χ4n) is 3.18. The Hall–Kier alpha value is -3.10. The van der Waals surface area contributed by atoms with Crippen LogP contribution in [0.3, 0.4) is 0 Å². The highest BCUT2D eigenvalue weighted by Crippen LogP contribution is 2.34. The molecule has 0 saturated heterocycles. The molecule has 0 radical (unpaired) electrons. The van der Waals surface area contributed by atoms with Crippen molar-refractivity contribution in [3.63, 3.8) is 0 Å². The normalized spacial score (nSPS) is 11.3. The number of ether oxygens (including phenoxy) is 1. The monoisotopic (exact) mass is 512 g/mol. The molecule has 8 heteroatoms. The summed E-state index contributed by atoms with van der Waals surface area (Å²) in [6.07, 6.45) is 0. The van der Waals surface area contributed by atoms with Crippen LogP contribution < -0.4 is 10.1 Å². The highest BCUT2D eigenvalue weighted by Gasteiger charge is 2.28. The van der Waals surface area contributed by atoms with Crippen LogP contribution >= 0.6 is 15.9 Å². The molecule has 0 fully saturated rings. The minimum atomic E-state index is -3.91. The molecule has 6 nitrogen and oxygen atoms in total. The lowest BCUT2D eigenvalue weighted by Crippen LogP contribution is -2.07. The zero-order valence-electron chi connectivity index (χ0n) is 17.5. The lowest BCUT2D eigenvalue weighted by Gasteiger charge is -2.07. The summed E-state index contributed by atoms with van der Waals surface area (Å²) in [4.78, 5) is 4.54. The van der Waals surface area contributed by atoms with Gasteiger partial charge in [0.1, 0.15) is 5.75 Å². The van der Waals surface area contributed by atoms with E-state index in [9.17, 15) is 8.42 Å². The Morgan fingerprint density at radius 2 is 1.69 bits per heavy atom. The highest BCUT2D eigenvalue weighted by atomic mass is 79.9. The third-order valence-corrected chi connectivity index (χ3v) is 7.17. The number of hydrogen-bond acceptors (Lipinski definition) is 6. The molecule has 0 aliphatic carbocycles. The molecule has 0 aliphatic rings. The maximum atomic E-state index is 13.4. The van der Waals surface area contributed by atoms with Gasteiger partial charge in [-0.2, -0.15) is 4.98 Å². The zero-order valence-corrected chi connectivity index (χ0v) is 19.9. The van der Waals surface area contributed by atoms with Crippen LogP contribution in [0.25, 0.3) is 11.5 Å². The van der Waals surface area contributed by atoms with E-state index in [4.69, 9.17) is 9.15 Å². The van der Waals surface area contributed by atoms with Gasteiger partial charge in [0, 0.05) is 16.6 Å². The average molecular weight is 513 g/mol. The zero-order chi connectivity index (χ0) is 22.7. The molecule has 0 saturated carbocycles. The van der Waals surface area contributed by atoms with Crippen molar-refractivity contribution in [2.75, 3.05) is 12.4 Å². The van der Waals surface area contributed by atoms with Gasteiger partial charge in [-0.05, 0) is 60.5 Å². The molecule has 4 rings (SSSR count). The predicted molar refractivity (Wildman–Crippen MR) is 127 cm³/mol. The molecule has 1 N–H and O–H groups in total. The Labute approximate surface area is 195 Å². The molecule has 3 aromatic carbocycles. The summed E-state index contributed by atoms with van der Waals surface area (Å²) in [6.45, 7) is 2.28. The smallest absolute Gasteiger partial charge is 0.234 e. The number of anilines is 1. The number of methoxy groups -OCH3 is 1. The van der Waals surface area contributed by atoms with E-state index in [0.717, 1.165) is 26.9 Å². The van der Waals surface area contributed by atoms with E-state index in [1.54, 1.807) is 19.2 Å². The van der Waals surface area contributed by atoms with Crippen LogP contribution in [0.2, 0.25) is 0 Å². The fraction of sp³-hybridized carbons (Fsp3) is 0.125. The molecule has 1 heterocycles. The molecule has 164 valence electrons. The van der Waals surface area contributed by atoms with Gasteiger partial charge in [-0.3, -0.25) is 0 Å². The minimum absolute atomic E-state index is 0.0991. The number of nitrogens with zero attached hydrogens (tertiary/aromatic N) is 1. The Morgan fingerprint density at radius 1 is 1.00 bits per heavy atom. The molecule has 0 bridgehead atoms. The maximum absolute atomic E-state index is 13.4. The molecular formula is C24H21BrN2O4S. The average Bonchev–Trinajstić information content (AvgIpc) is 3.23. The van der Waals surface area contributed by atoms with E-state index in [1.165, 1.54) is 12.1 Å². The van der Waals surface area contributed by atoms with Gasteiger partial charge >= 0.3 is 0 Å². The molecule has 0 spiro atoms. The Kier molecular flexibility index (Phi) is 6.34. The number of sulfone groups is 1. The Bertz CT molecular complexity index is 1330. The lowest BCUT2D eigenvalue weighted by atomic mass is 10.1. The quantitative estimate of drug-likeness (QED) is 0.333. The summed E-state index contributed by atoms with van der Waals surface area (Å²) in [5.41, 5.74) is 2.60. The van der Waals surface area contributed by atoms with E-state index in [2.05, 4.69) is 26.2 Å². The first-order valence-corrected chi connectivity index (χ1v) is 12.1. The van der Waals surface area contributed by atoms with Gasteiger partial charge in [-0.15, -0.1) is 0 Å². The Balaban J connectivity index is 1.74. The molecule has 4 aromatic rings. The molecule has 1 aromatic heterocycles. The van der Waals surface area contributed by atoms with E-state index >= 15 is 0 Å². The number of benzene rings is 3. The van der Waals surface area contributed by atoms with Gasteiger partial charge in [0.05, 0.1) is 12.0 Å². The fourth-order valence-corrected chi connectivity index (χ4v) is 4.72. The molecule has 0 amide bonds. The second kappa shape index (κ2) is 9.18. The van der Waals surface area contributed by atoms with Crippen LogP contribution in [0.1, 0.15) is 11.1 Å². The number of hydrogen-bond donors (Lipinski definition) is 1. The summed E-state index contributed by atoms with van der Waals surface area (Å²) < 4.78 is 38.7. The predicted octanol–water partition coefficient (Wildman–Crippen LogP) is 5.87. The first-order valence-electron chi connectivity index (χ1n) is 9.83. The van der Waals surface area contributed by atoms with E-state index < -0.39 is 9.84 Å². The minimum Gasteiger partial charge on any atom is -0.497 e. The number of aromatic nitrogens is 1. The first kappa shape index (κ1) is 22.1. The molecule has 0 unspecified atom stereocenters. The van der Waals surface area contributed by atoms with Crippen LogP contribution in [-0.4, -0.2) is 20.5 Å². The van der Waals surface area contributed by atoms with Crippen LogP contribution in [0.15, 0.2) is 91.6 Å². The highest BCUT2D eigenvalue weighted by molar-refractivity contribution is 9.10. The van der Waals surface area contributed by atoms with E-state index in [0.29, 0.717) is 6.54 Å². The molecule has 32 heavy (non-hydrogen) atoms. The van der Waals surface area contributed by atoms with Crippen molar-refractivity contribution in [1.29, 1.82) is 0 Å². The number of rotatable bonds is 7. The summed E-state index contributed by atoms with van der Waals surface area (Å²) in [5, 5.41) is 2.96. The summed E-state index contributed by atoms with van der Waals surface area (Å²) in [6, 6.07) is 21.5. The van der Waals surface area contributed by atoms with Crippen molar-refractivity contribution >= 4 is 31.7 Å². The molecule has 0 aliphatic heterocycles. The van der Waals surface area contributed by atoms with Gasteiger partial charge in [0.25, 0.3) is 0 Å². The number of nitrogens with one attached hydrogen (secondary N) is 1. The van der Waals surface area contributed by atoms with Crippen molar-refractivity contribution in [2.24, 2.45) is 0 Å². The number of aryl methyl sites for hydroxylation is 1. The van der Waals surface area contributed by atoms with E-state index in [1.807, 2.05) is 55.5 Å². The second-order valence-electron chi connectivity index (χ2n) is 7.13. The number of oxazole rings is 1. The largest absolute Gasteiger partial charge is 0.497 e. The first-order chi connectivity index (χ1) is 15.4. The van der Waals surface area contributed by atoms with E-state index in [-0.39, 0.29) is 21.7 Å². The van der Waals surface area contributed by atoms with Crippen LogP contribution in [-0.2, 0) is 16.4 Å². The summed E-state index contributed by atoms with van der Waals surface area (Å²) in [5.74, 6) is 1.09. The van der Waals surface area contributed by atoms with Gasteiger partial charge in [0.2, 0.25) is 26.6 Å². The summed E-state index contributed by atoms with van der Waals surface area (Å²) in [7, 11) is -2.30.